The van der Waals surface area contributed by atoms with Gasteiger partial charge in [0.15, 0.2) is 5.13 Å². The zero-order chi connectivity index (χ0) is 20.9. The summed E-state index contributed by atoms with van der Waals surface area (Å²) in [7, 11) is 0. The molecule has 2 N–H and O–H groups in total. The van der Waals surface area contributed by atoms with Crippen LogP contribution in [0, 0.1) is 5.41 Å². The highest BCUT2D eigenvalue weighted by Crippen LogP contribution is 2.36. The standard InChI is InChI=1S/C19H21F3N4OS/c1-5-27-12(4)6-7-15(23)16-10-28-18(25-16)26-17-8-14(19(20,21)22)13(9-24-17)11(2)3/h6-11,23H,4-5H2,1-3H3,(H,24,25,26)/b7-6-,23-15?. The predicted octanol–water partition coefficient (Wildman–Crippen LogP) is 5.90. The van der Waals surface area contributed by atoms with Crippen LogP contribution in [0.1, 0.15) is 43.5 Å². The fraction of sp³-hybridized carbons (Fsp3) is 0.316. The van der Waals surface area contributed by atoms with Crippen LogP contribution in [0.4, 0.5) is 24.1 Å². The molecule has 9 heteroatoms. The Kier molecular flexibility index (Phi) is 6.95. The van der Waals surface area contributed by atoms with Crippen LogP contribution in [0.5, 0.6) is 0 Å². The van der Waals surface area contributed by atoms with Crippen molar-refractivity contribution in [3.8, 4) is 0 Å². The van der Waals surface area contributed by atoms with Crippen LogP contribution in [0.3, 0.4) is 0 Å². The molecular weight excluding hydrogens is 389 g/mol. The molecule has 2 aromatic rings. The first-order valence-electron chi connectivity index (χ1n) is 8.50. The molecule has 0 bridgehead atoms. The highest BCUT2D eigenvalue weighted by Gasteiger charge is 2.34. The molecule has 150 valence electrons. The van der Waals surface area contributed by atoms with Crippen molar-refractivity contribution in [3.05, 3.63) is 59.0 Å². The Balaban J connectivity index is 2.17. The van der Waals surface area contributed by atoms with Crippen molar-refractivity contribution in [2.45, 2.75) is 32.9 Å². The number of pyridine rings is 1. The molecule has 0 aliphatic carbocycles. The smallest absolute Gasteiger partial charge is 0.416 e. The number of rotatable bonds is 8. The van der Waals surface area contributed by atoms with Crippen molar-refractivity contribution in [3.63, 3.8) is 0 Å². The van der Waals surface area contributed by atoms with Gasteiger partial charge >= 0.3 is 6.18 Å². The van der Waals surface area contributed by atoms with E-state index in [1.54, 1.807) is 25.3 Å². The Morgan fingerprint density at radius 1 is 1.39 bits per heavy atom. The molecule has 0 saturated heterocycles. The van der Waals surface area contributed by atoms with Gasteiger partial charge in [-0.3, -0.25) is 5.41 Å². The fourth-order valence-corrected chi connectivity index (χ4v) is 3.02. The van der Waals surface area contributed by atoms with E-state index in [0.29, 0.717) is 23.2 Å². The van der Waals surface area contributed by atoms with Crippen molar-refractivity contribution < 1.29 is 17.9 Å². The molecule has 0 radical (unpaired) electrons. The quantitative estimate of drug-likeness (QED) is 0.323. The summed E-state index contributed by atoms with van der Waals surface area (Å²) in [5.41, 5.74) is -0.0756. The number of hydrogen-bond acceptors (Lipinski definition) is 6. The van der Waals surface area contributed by atoms with Crippen molar-refractivity contribution in [2.24, 2.45) is 0 Å². The number of anilines is 2. The van der Waals surface area contributed by atoms with Gasteiger partial charge in [0.2, 0.25) is 0 Å². The average molecular weight is 410 g/mol. The number of alkyl halides is 3. The normalized spacial score (nSPS) is 11.8. The third kappa shape index (κ3) is 5.66. The molecule has 0 fully saturated rings. The summed E-state index contributed by atoms with van der Waals surface area (Å²) in [5.74, 6) is 0.169. The number of nitrogens with one attached hydrogen (secondary N) is 2. The number of hydrogen-bond donors (Lipinski definition) is 2. The molecule has 2 rings (SSSR count). The minimum atomic E-state index is -4.47. The lowest BCUT2D eigenvalue weighted by molar-refractivity contribution is -0.138. The van der Waals surface area contributed by atoms with E-state index in [0.717, 1.165) is 6.07 Å². The van der Waals surface area contributed by atoms with Crippen LogP contribution in [0.25, 0.3) is 0 Å². The van der Waals surface area contributed by atoms with Crippen LogP contribution in [0.2, 0.25) is 0 Å². The van der Waals surface area contributed by atoms with Crippen LogP contribution in [-0.2, 0) is 10.9 Å². The second-order valence-corrected chi connectivity index (χ2v) is 6.98. The molecule has 2 heterocycles. The van der Waals surface area contributed by atoms with Crippen molar-refractivity contribution in [2.75, 3.05) is 11.9 Å². The summed E-state index contributed by atoms with van der Waals surface area (Å²) in [4.78, 5) is 8.28. The lowest BCUT2D eigenvalue weighted by atomic mass is 9.99. The van der Waals surface area contributed by atoms with Gasteiger partial charge in [-0.25, -0.2) is 9.97 Å². The Labute approximate surface area is 165 Å². The largest absolute Gasteiger partial charge is 0.495 e. The summed E-state index contributed by atoms with van der Waals surface area (Å²) in [6.07, 6.45) is -0.189. The average Bonchev–Trinajstić information content (AvgIpc) is 3.07. The molecule has 2 aromatic heterocycles. The first kappa shape index (κ1) is 21.6. The molecule has 0 aliphatic heterocycles. The molecule has 0 aromatic carbocycles. The van der Waals surface area contributed by atoms with Gasteiger partial charge in [-0.15, -0.1) is 11.3 Å². The maximum Gasteiger partial charge on any atom is 0.416 e. The molecule has 0 atom stereocenters. The first-order valence-corrected chi connectivity index (χ1v) is 9.38. The fourth-order valence-electron chi connectivity index (χ4n) is 2.30. The van der Waals surface area contributed by atoms with Gasteiger partial charge in [-0.1, -0.05) is 20.4 Å². The van der Waals surface area contributed by atoms with Crippen molar-refractivity contribution in [1.29, 1.82) is 5.41 Å². The number of ether oxygens (including phenoxy) is 1. The van der Waals surface area contributed by atoms with E-state index in [4.69, 9.17) is 10.1 Å². The van der Waals surface area contributed by atoms with Gasteiger partial charge < -0.3 is 10.1 Å². The van der Waals surface area contributed by atoms with E-state index in [9.17, 15) is 13.2 Å². The SMILES string of the molecule is C=C(/C=C\C(=N)c1csc(Nc2cc(C(F)(F)F)c(C(C)C)cn2)n1)OCC. The molecule has 0 amide bonds. The Hall–Kier alpha value is -2.68. The highest BCUT2D eigenvalue weighted by molar-refractivity contribution is 7.14. The minimum absolute atomic E-state index is 0.0458. The third-order valence-electron chi connectivity index (χ3n) is 3.64. The zero-order valence-corrected chi connectivity index (χ0v) is 16.5. The van der Waals surface area contributed by atoms with Crippen molar-refractivity contribution >= 4 is 28.0 Å². The summed E-state index contributed by atoms with van der Waals surface area (Å²) >= 11 is 1.17. The molecular formula is C19H21F3N4OS. The van der Waals surface area contributed by atoms with Gasteiger partial charge in [-0.05, 0) is 36.6 Å². The summed E-state index contributed by atoms with van der Waals surface area (Å²) in [5, 5.41) is 12.8. The first-order chi connectivity index (χ1) is 13.1. The maximum atomic E-state index is 13.3. The van der Waals surface area contributed by atoms with Crippen LogP contribution >= 0.6 is 11.3 Å². The number of aromatic nitrogens is 2. The summed E-state index contributed by atoms with van der Waals surface area (Å²) < 4.78 is 45.1. The van der Waals surface area contributed by atoms with Gasteiger partial charge in [0.1, 0.15) is 17.3 Å². The monoisotopic (exact) mass is 410 g/mol. The second kappa shape index (κ2) is 9.01. The molecule has 0 aliphatic rings. The van der Waals surface area contributed by atoms with E-state index in [-0.39, 0.29) is 23.0 Å². The predicted molar refractivity (Wildman–Crippen MR) is 105 cm³/mol. The molecule has 0 saturated carbocycles. The van der Waals surface area contributed by atoms with E-state index in [2.05, 4.69) is 21.9 Å². The van der Waals surface area contributed by atoms with Gasteiger partial charge in [-0.2, -0.15) is 13.2 Å². The number of thiazole rings is 1. The van der Waals surface area contributed by atoms with Crippen molar-refractivity contribution in [1.82, 2.24) is 9.97 Å². The topological polar surface area (TPSA) is 70.9 Å². The number of allylic oxidation sites excluding steroid dienone is 2. The van der Waals surface area contributed by atoms with Gasteiger partial charge in [0.05, 0.1) is 17.9 Å². The maximum absolute atomic E-state index is 13.3. The van der Waals surface area contributed by atoms with Gasteiger partial charge in [0.25, 0.3) is 0 Å². The number of halogens is 3. The van der Waals surface area contributed by atoms with E-state index in [1.807, 2.05) is 6.92 Å². The van der Waals surface area contributed by atoms with E-state index >= 15 is 0 Å². The van der Waals surface area contributed by atoms with Crippen LogP contribution in [-0.4, -0.2) is 22.3 Å². The lowest BCUT2D eigenvalue weighted by Gasteiger charge is -2.16. The van der Waals surface area contributed by atoms with Crippen LogP contribution in [0.15, 0.2) is 42.1 Å². The minimum Gasteiger partial charge on any atom is -0.495 e. The molecule has 0 spiro atoms. The Morgan fingerprint density at radius 2 is 2.11 bits per heavy atom. The molecule has 28 heavy (non-hydrogen) atoms. The summed E-state index contributed by atoms with van der Waals surface area (Å²) in [6, 6.07) is 0.980. The molecule has 0 unspecified atom stereocenters. The second-order valence-electron chi connectivity index (χ2n) is 6.12. The van der Waals surface area contributed by atoms with Gasteiger partial charge in [0, 0.05) is 11.6 Å². The molecule has 5 nitrogen and oxygen atoms in total. The zero-order valence-electron chi connectivity index (χ0n) is 15.7. The lowest BCUT2D eigenvalue weighted by Crippen LogP contribution is -2.11. The van der Waals surface area contributed by atoms with Crippen LogP contribution < -0.4 is 5.32 Å². The summed E-state index contributed by atoms with van der Waals surface area (Å²) in [6.45, 7) is 9.36. The van der Waals surface area contributed by atoms with E-state index in [1.165, 1.54) is 23.6 Å². The number of nitrogens with zero attached hydrogens (tertiary/aromatic N) is 2. The Bertz CT molecular complexity index is 888. The third-order valence-corrected chi connectivity index (χ3v) is 4.40. The van der Waals surface area contributed by atoms with E-state index < -0.39 is 11.7 Å². The Morgan fingerprint density at radius 3 is 2.71 bits per heavy atom. The highest BCUT2D eigenvalue weighted by atomic mass is 32.1.